The summed E-state index contributed by atoms with van der Waals surface area (Å²) in [6.07, 6.45) is 1.02. The van der Waals surface area contributed by atoms with E-state index >= 15 is 0 Å². The SMILES string of the molecule is Cc1ccc(CCC(=O)Nc2ccccc2C(=O)N[C@@H](C)c2ccccc2)cc1C. The van der Waals surface area contributed by atoms with Crippen molar-refractivity contribution in [3.05, 3.63) is 101 Å². The summed E-state index contributed by atoms with van der Waals surface area (Å²) in [6.45, 7) is 6.09. The number of carbonyl (C=O) groups is 2. The number of amides is 2. The first-order chi connectivity index (χ1) is 14.4. The van der Waals surface area contributed by atoms with Gasteiger partial charge in [0.15, 0.2) is 0 Å². The number of hydrogen-bond donors (Lipinski definition) is 2. The number of benzene rings is 3. The Morgan fingerprint density at radius 3 is 2.30 bits per heavy atom. The highest BCUT2D eigenvalue weighted by atomic mass is 16.2. The number of rotatable bonds is 7. The first kappa shape index (κ1) is 21.3. The molecule has 2 N–H and O–H groups in total. The number of hydrogen-bond acceptors (Lipinski definition) is 2. The quantitative estimate of drug-likeness (QED) is 0.560. The van der Waals surface area contributed by atoms with Crippen LogP contribution in [0.1, 0.15) is 52.0 Å². The van der Waals surface area contributed by atoms with Gasteiger partial charge in [-0.3, -0.25) is 9.59 Å². The van der Waals surface area contributed by atoms with Crippen LogP contribution >= 0.6 is 0 Å². The molecule has 0 aliphatic carbocycles. The molecule has 0 spiro atoms. The van der Waals surface area contributed by atoms with Gasteiger partial charge >= 0.3 is 0 Å². The third-order valence-corrected chi connectivity index (χ3v) is 5.31. The second-order valence-electron chi connectivity index (χ2n) is 7.62. The van der Waals surface area contributed by atoms with Crippen LogP contribution in [0, 0.1) is 13.8 Å². The van der Waals surface area contributed by atoms with Gasteiger partial charge in [0.1, 0.15) is 0 Å². The minimum absolute atomic E-state index is 0.107. The molecule has 0 aromatic heterocycles. The van der Waals surface area contributed by atoms with Gasteiger partial charge in [-0.25, -0.2) is 0 Å². The van der Waals surface area contributed by atoms with Crippen LogP contribution in [0.2, 0.25) is 0 Å². The molecule has 0 aliphatic rings. The average molecular weight is 401 g/mol. The van der Waals surface area contributed by atoms with Crippen LogP contribution < -0.4 is 10.6 Å². The molecule has 3 rings (SSSR count). The molecule has 2 amide bonds. The summed E-state index contributed by atoms with van der Waals surface area (Å²) in [4.78, 5) is 25.3. The monoisotopic (exact) mass is 400 g/mol. The fraction of sp³-hybridized carbons (Fsp3) is 0.231. The number of nitrogens with one attached hydrogen (secondary N) is 2. The molecule has 4 heteroatoms. The van der Waals surface area contributed by atoms with Crippen LogP contribution in [0.25, 0.3) is 0 Å². The lowest BCUT2D eigenvalue weighted by atomic mass is 10.0. The highest BCUT2D eigenvalue weighted by Gasteiger charge is 2.16. The zero-order chi connectivity index (χ0) is 21.5. The Balaban J connectivity index is 1.63. The minimum atomic E-state index is -0.212. The van der Waals surface area contributed by atoms with Gasteiger partial charge in [0.05, 0.1) is 17.3 Å². The predicted octanol–water partition coefficient (Wildman–Crippen LogP) is 5.37. The normalized spacial score (nSPS) is 11.6. The standard InChI is InChI=1S/C26H28N2O2/c1-18-13-14-21(17-19(18)2)15-16-25(29)28-24-12-8-7-11-23(24)26(30)27-20(3)22-9-5-4-6-10-22/h4-14,17,20H,15-16H2,1-3H3,(H,27,30)(H,28,29)/t20-/m0/s1. The molecule has 0 aliphatic heterocycles. The lowest BCUT2D eigenvalue weighted by Crippen LogP contribution is -2.28. The highest BCUT2D eigenvalue weighted by Crippen LogP contribution is 2.19. The van der Waals surface area contributed by atoms with Gasteiger partial charge in [-0.1, -0.05) is 60.7 Å². The molecule has 0 unspecified atom stereocenters. The van der Waals surface area contributed by atoms with Crippen molar-refractivity contribution < 1.29 is 9.59 Å². The first-order valence-corrected chi connectivity index (χ1v) is 10.2. The number of carbonyl (C=O) groups excluding carboxylic acids is 2. The summed E-state index contributed by atoms with van der Waals surface area (Å²) >= 11 is 0. The average Bonchev–Trinajstić information content (AvgIpc) is 2.75. The maximum absolute atomic E-state index is 12.8. The maximum Gasteiger partial charge on any atom is 0.253 e. The smallest absolute Gasteiger partial charge is 0.253 e. The highest BCUT2D eigenvalue weighted by molar-refractivity contribution is 6.03. The van der Waals surface area contributed by atoms with Crippen molar-refractivity contribution >= 4 is 17.5 Å². The van der Waals surface area contributed by atoms with E-state index in [0.717, 1.165) is 11.1 Å². The summed E-state index contributed by atoms with van der Waals surface area (Å²) in [6, 6.07) is 23.0. The van der Waals surface area contributed by atoms with E-state index in [9.17, 15) is 9.59 Å². The fourth-order valence-corrected chi connectivity index (χ4v) is 3.32. The Hall–Kier alpha value is -3.40. The molecular weight excluding hydrogens is 372 g/mol. The van der Waals surface area contributed by atoms with Crippen molar-refractivity contribution in [3.63, 3.8) is 0 Å². The largest absolute Gasteiger partial charge is 0.345 e. The van der Waals surface area contributed by atoms with Gasteiger partial charge in [-0.15, -0.1) is 0 Å². The Kier molecular flexibility index (Phi) is 7.02. The number of anilines is 1. The molecule has 3 aromatic rings. The Labute approximate surface area is 178 Å². The fourth-order valence-electron chi connectivity index (χ4n) is 3.32. The van der Waals surface area contributed by atoms with Crippen molar-refractivity contribution in [2.45, 2.75) is 39.7 Å². The van der Waals surface area contributed by atoms with Crippen LogP contribution in [-0.2, 0) is 11.2 Å². The van der Waals surface area contributed by atoms with E-state index in [2.05, 4.69) is 42.7 Å². The zero-order valence-electron chi connectivity index (χ0n) is 17.7. The summed E-state index contributed by atoms with van der Waals surface area (Å²) in [5.41, 5.74) is 5.62. The molecule has 0 radical (unpaired) electrons. The van der Waals surface area contributed by atoms with Crippen molar-refractivity contribution in [1.82, 2.24) is 5.32 Å². The van der Waals surface area contributed by atoms with Crippen molar-refractivity contribution in [2.24, 2.45) is 0 Å². The second-order valence-corrected chi connectivity index (χ2v) is 7.62. The van der Waals surface area contributed by atoms with Gasteiger partial charge in [0.25, 0.3) is 5.91 Å². The van der Waals surface area contributed by atoms with Gasteiger partial charge in [-0.2, -0.15) is 0 Å². The Bertz CT molecular complexity index is 1030. The zero-order valence-corrected chi connectivity index (χ0v) is 17.7. The minimum Gasteiger partial charge on any atom is -0.345 e. The summed E-state index contributed by atoms with van der Waals surface area (Å²) in [7, 11) is 0. The van der Waals surface area contributed by atoms with E-state index in [4.69, 9.17) is 0 Å². The lowest BCUT2D eigenvalue weighted by molar-refractivity contribution is -0.116. The number of para-hydroxylation sites is 1. The maximum atomic E-state index is 12.8. The van der Waals surface area contributed by atoms with Crippen LogP contribution in [0.15, 0.2) is 72.8 Å². The third kappa shape index (κ3) is 5.57. The summed E-state index contributed by atoms with van der Waals surface area (Å²) in [5.74, 6) is -0.319. The molecule has 0 saturated carbocycles. The molecule has 0 heterocycles. The van der Waals surface area contributed by atoms with E-state index in [1.165, 1.54) is 11.1 Å². The van der Waals surface area contributed by atoms with Gasteiger partial charge in [-0.05, 0) is 61.6 Å². The molecular formula is C26H28N2O2. The van der Waals surface area contributed by atoms with E-state index in [-0.39, 0.29) is 17.9 Å². The summed E-state index contributed by atoms with van der Waals surface area (Å²) < 4.78 is 0. The van der Waals surface area contributed by atoms with Crippen LogP contribution in [0.5, 0.6) is 0 Å². The van der Waals surface area contributed by atoms with Crippen LogP contribution in [-0.4, -0.2) is 11.8 Å². The van der Waals surface area contributed by atoms with E-state index in [0.29, 0.717) is 24.1 Å². The van der Waals surface area contributed by atoms with E-state index in [1.54, 1.807) is 18.2 Å². The first-order valence-electron chi connectivity index (χ1n) is 10.2. The van der Waals surface area contributed by atoms with Crippen LogP contribution in [0.3, 0.4) is 0 Å². The molecule has 1 atom stereocenters. The topological polar surface area (TPSA) is 58.2 Å². The molecule has 0 bridgehead atoms. The van der Waals surface area contributed by atoms with Crippen molar-refractivity contribution in [3.8, 4) is 0 Å². The van der Waals surface area contributed by atoms with Gasteiger partial charge in [0.2, 0.25) is 5.91 Å². The van der Waals surface area contributed by atoms with E-state index in [1.807, 2.05) is 43.3 Å². The van der Waals surface area contributed by atoms with Crippen molar-refractivity contribution in [2.75, 3.05) is 5.32 Å². The summed E-state index contributed by atoms with van der Waals surface area (Å²) in [5, 5.41) is 5.91. The second kappa shape index (κ2) is 9.88. The Morgan fingerprint density at radius 2 is 1.57 bits per heavy atom. The van der Waals surface area contributed by atoms with E-state index < -0.39 is 0 Å². The molecule has 0 fully saturated rings. The number of aryl methyl sites for hydroxylation is 3. The van der Waals surface area contributed by atoms with Gasteiger partial charge in [0, 0.05) is 6.42 Å². The molecule has 3 aromatic carbocycles. The van der Waals surface area contributed by atoms with Crippen LogP contribution in [0.4, 0.5) is 5.69 Å². The van der Waals surface area contributed by atoms with Gasteiger partial charge < -0.3 is 10.6 Å². The molecule has 0 saturated heterocycles. The lowest BCUT2D eigenvalue weighted by Gasteiger charge is -2.16. The van der Waals surface area contributed by atoms with Crippen molar-refractivity contribution in [1.29, 1.82) is 0 Å². The third-order valence-electron chi connectivity index (χ3n) is 5.31. The molecule has 154 valence electrons. The Morgan fingerprint density at radius 1 is 0.867 bits per heavy atom. The predicted molar refractivity (Wildman–Crippen MR) is 122 cm³/mol. The molecule has 4 nitrogen and oxygen atoms in total. The molecule has 30 heavy (non-hydrogen) atoms.